The van der Waals surface area contributed by atoms with Crippen LogP contribution in [-0.2, 0) is 4.79 Å². The zero-order valence-electron chi connectivity index (χ0n) is 12.9. The van der Waals surface area contributed by atoms with Crippen LogP contribution in [0.1, 0.15) is 44.9 Å². The maximum Gasteiger partial charge on any atom is 0.309 e. The number of aromatic nitrogens is 3. The predicted molar refractivity (Wildman–Crippen MR) is 91.6 cm³/mol. The maximum absolute atomic E-state index is 11.8. The van der Waals surface area contributed by atoms with Gasteiger partial charge in [-0.25, -0.2) is 9.97 Å². The number of carboxylic acids is 1. The van der Waals surface area contributed by atoms with Gasteiger partial charge in [-0.2, -0.15) is 0 Å². The molecule has 0 spiro atoms. The average Bonchev–Trinajstić information content (AvgIpc) is 3.06. The first-order valence-electron chi connectivity index (χ1n) is 7.49. The summed E-state index contributed by atoms with van der Waals surface area (Å²) in [6.07, 6.45) is 3.43. The summed E-state index contributed by atoms with van der Waals surface area (Å²) in [6.45, 7) is 3.93. The van der Waals surface area contributed by atoms with E-state index in [1.165, 1.54) is 6.20 Å². The first-order valence-corrected chi connectivity index (χ1v) is 8.66. The number of rotatable bonds is 3. The van der Waals surface area contributed by atoms with Crippen molar-refractivity contribution in [1.82, 2.24) is 14.4 Å². The van der Waals surface area contributed by atoms with Crippen LogP contribution < -0.4 is 5.73 Å². The van der Waals surface area contributed by atoms with Crippen LogP contribution in [0.2, 0.25) is 5.15 Å². The molecule has 0 bridgehead atoms. The molecule has 2 heterocycles. The summed E-state index contributed by atoms with van der Waals surface area (Å²) in [5, 5.41) is 10.1. The van der Waals surface area contributed by atoms with Crippen LogP contribution in [0.3, 0.4) is 0 Å². The second-order valence-corrected chi connectivity index (χ2v) is 7.61. The van der Waals surface area contributed by atoms with Gasteiger partial charge in [-0.1, -0.05) is 25.4 Å². The van der Waals surface area contributed by atoms with E-state index in [9.17, 15) is 9.90 Å². The van der Waals surface area contributed by atoms with Crippen LogP contribution in [0.4, 0.5) is 5.82 Å². The highest BCUT2D eigenvalue weighted by atomic mass is 79.9. The highest BCUT2D eigenvalue weighted by molar-refractivity contribution is 9.10. The molecule has 1 saturated carbocycles. The van der Waals surface area contributed by atoms with E-state index in [4.69, 9.17) is 17.3 Å². The van der Waals surface area contributed by atoms with Gasteiger partial charge in [-0.15, -0.1) is 0 Å². The first-order chi connectivity index (χ1) is 10.8. The zero-order valence-corrected chi connectivity index (χ0v) is 15.2. The number of nitrogens with two attached hydrogens (primary N) is 1. The van der Waals surface area contributed by atoms with Crippen molar-refractivity contribution in [2.75, 3.05) is 5.73 Å². The number of anilines is 1. The van der Waals surface area contributed by atoms with Crippen molar-refractivity contribution in [3.63, 3.8) is 0 Å². The van der Waals surface area contributed by atoms with Gasteiger partial charge in [0, 0.05) is 5.92 Å². The van der Waals surface area contributed by atoms with Crippen LogP contribution in [0.25, 0.3) is 5.52 Å². The third-order valence-corrected chi connectivity index (χ3v) is 5.89. The molecule has 0 amide bonds. The number of carbonyl (C=O) groups is 1. The molecule has 2 atom stereocenters. The molecule has 3 N–H and O–H groups in total. The molecule has 23 heavy (non-hydrogen) atoms. The van der Waals surface area contributed by atoms with Gasteiger partial charge < -0.3 is 10.8 Å². The Morgan fingerprint density at radius 2 is 2.30 bits per heavy atom. The van der Waals surface area contributed by atoms with E-state index in [0.29, 0.717) is 33.9 Å². The van der Waals surface area contributed by atoms with Crippen LogP contribution in [0.5, 0.6) is 0 Å². The Hall–Kier alpha value is -1.34. The van der Waals surface area contributed by atoms with E-state index in [1.807, 2.05) is 13.8 Å². The van der Waals surface area contributed by atoms with E-state index < -0.39 is 11.4 Å². The first kappa shape index (κ1) is 16.5. The summed E-state index contributed by atoms with van der Waals surface area (Å²) in [5.41, 5.74) is 5.85. The molecule has 6 nitrogen and oxygen atoms in total. The van der Waals surface area contributed by atoms with Crippen LogP contribution in [0.15, 0.2) is 10.8 Å². The summed E-state index contributed by atoms with van der Waals surface area (Å²) < 4.78 is 2.36. The lowest BCUT2D eigenvalue weighted by Gasteiger charge is -2.28. The lowest BCUT2D eigenvalue weighted by atomic mass is 9.75. The fourth-order valence-electron chi connectivity index (χ4n) is 3.62. The number of imidazole rings is 1. The molecule has 1 fully saturated rings. The van der Waals surface area contributed by atoms with E-state index in [2.05, 4.69) is 25.9 Å². The van der Waals surface area contributed by atoms with Gasteiger partial charge in [0.15, 0.2) is 5.82 Å². The van der Waals surface area contributed by atoms with Crippen molar-refractivity contribution in [2.45, 2.75) is 39.0 Å². The third-order valence-electron chi connectivity index (χ3n) is 5.07. The minimum absolute atomic E-state index is 0.0200. The molecule has 8 heteroatoms. The SMILES string of the molecule is CC(C)[C@@]1(C(=O)O)CC[C@H](c2nc(Br)c3c(N)ncc(Cl)n23)C1. The smallest absolute Gasteiger partial charge is 0.309 e. The largest absolute Gasteiger partial charge is 0.481 e. The van der Waals surface area contributed by atoms with Gasteiger partial charge in [-0.3, -0.25) is 9.20 Å². The highest BCUT2D eigenvalue weighted by Gasteiger charge is 2.49. The molecule has 0 saturated heterocycles. The number of hydrogen-bond donors (Lipinski definition) is 2. The van der Waals surface area contributed by atoms with Crippen molar-refractivity contribution in [3.05, 3.63) is 21.8 Å². The molecule has 2 aromatic heterocycles. The summed E-state index contributed by atoms with van der Waals surface area (Å²) in [5.74, 6) is 0.428. The number of halogens is 2. The van der Waals surface area contributed by atoms with Gasteiger partial charge in [0.05, 0.1) is 11.6 Å². The second-order valence-electron chi connectivity index (χ2n) is 6.47. The van der Waals surface area contributed by atoms with Gasteiger partial charge in [0.25, 0.3) is 0 Å². The monoisotopic (exact) mass is 400 g/mol. The summed E-state index contributed by atoms with van der Waals surface area (Å²) >= 11 is 9.70. The molecule has 124 valence electrons. The Balaban J connectivity index is 2.10. The predicted octanol–water partition coefficient (Wildman–Crippen LogP) is 3.72. The Morgan fingerprint density at radius 1 is 1.61 bits per heavy atom. The van der Waals surface area contributed by atoms with Gasteiger partial charge >= 0.3 is 5.97 Å². The number of nitrogens with zero attached hydrogens (tertiary/aromatic N) is 3. The quantitative estimate of drug-likeness (QED) is 0.817. The number of nitrogen functional groups attached to an aromatic ring is 1. The summed E-state index contributed by atoms with van der Waals surface area (Å²) in [6, 6.07) is 0. The summed E-state index contributed by atoms with van der Waals surface area (Å²) in [4.78, 5) is 20.5. The minimum atomic E-state index is -0.734. The number of hydrogen-bond acceptors (Lipinski definition) is 4. The third kappa shape index (κ3) is 2.41. The zero-order chi connectivity index (χ0) is 16.9. The molecule has 0 radical (unpaired) electrons. The van der Waals surface area contributed by atoms with Crippen molar-refractivity contribution in [2.24, 2.45) is 11.3 Å². The molecule has 3 rings (SSSR count). The van der Waals surface area contributed by atoms with E-state index in [1.54, 1.807) is 4.40 Å². The Labute approximate surface area is 147 Å². The van der Waals surface area contributed by atoms with Crippen molar-refractivity contribution < 1.29 is 9.90 Å². The van der Waals surface area contributed by atoms with Gasteiger partial charge in [-0.05, 0) is 41.1 Å². The van der Waals surface area contributed by atoms with Crippen LogP contribution >= 0.6 is 27.5 Å². The maximum atomic E-state index is 11.8. The van der Waals surface area contributed by atoms with Crippen LogP contribution in [0, 0.1) is 11.3 Å². The molecule has 2 aromatic rings. The van der Waals surface area contributed by atoms with Gasteiger partial charge in [0.1, 0.15) is 21.1 Å². The average molecular weight is 402 g/mol. The molecule has 1 aliphatic rings. The second kappa shape index (κ2) is 5.63. The number of aliphatic carboxylic acids is 1. The molecule has 0 aromatic carbocycles. The Morgan fingerprint density at radius 3 is 2.87 bits per heavy atom. The molecule has 1 aliphatic carbocycles. The Kier molecular flexibility index (Phi) is 4.04. The van der Waals surface area contributed by atoms with Gasteiger partial charge in [0.2, 0.25) is 0 Å². The Bertz CT molecular complexity index is 791. The normalized spacial score (nSPS) is 24.7. The molecule has 0 aliphatic heterocycles. The molecular formula is C15H18BrClN4O2. The topological polar surface area (TPSA) is 93.5 Å². The van der Waals surface area contributed by atoms with E-state index in [0.717, 1.165) is 12.2 Å². The van der Waals surface area contributed by atoms with E-state index in [-0.39, 0.29) is 11.8 Å². The fraction of sp³-hybridized carbons (Fsp3) is 0.533. The standard InChI is InChI=1S/C15H18BrClN4O2/c1-7(2)15(14(22)23)4-3-8(5-15)13-20-11(16)10-12(18)19-6-9(17)21(10)13/h6-8H,3-5H2,1-2H3,(H2,18,19)(H,22,23)/t8-,15+/m0/s1. The van der Waals surface area contributed by atoms with E-state index >= 15 is 0 Å². The highest BCUT2D eigenvalue weighted by Crippen LogP contribution is 2.51. The molecule has 0 unspecified atom stereocenters. The summed E-state index contributed by atoms with van der Waals surface area (Å²) in [7, 11) is 0. The van der Waals surface area contributed by atoms with Crippen molar-refractivity contribution in [1.29, 1.82) is 0 Å². The molecular weight excluding hydrogens is 384 g/mol. The fourth-order valence-corrected chi connectivity index (χ4v) is 4.41. The lowest BCUT2D eigenvalue weighted by Crippen LogP contribution is -2.33. The van der Waals surface area contributed by atoms with Crippen molar-refractivity contribution in [3.8, 4) is 0 Å². The lowest BCUT2D eigenvalue weighted by molar-refractivity contribution is -0.151. The minimum Gasteiger partial charge on any atom is -0.481 e. The number of carboxylic acid groups (broad SMARTS) is 1. The van der Waals surface area contributed by atoms with Crippen molar-refractivity contribution >= 4 is 44.8 Å². The van der Waals surface area contributed by atoms with Crippen LogP contribution in [-0.4, -0.2) is 25.4 Å². The number of fused-ring (bicyclic) bond motifs is 1.